The van der Waals surface area contributed by atoms with Crippen molar-refractivity contribution in [3.63, 3.8) is 0 Å². The summed E-state index contributed by atoms with van der Waals surface area (Å²) in [6, 6.07) is 8.20. The van der Waals surface area contributed by atoms with E-state index in [0.717, 1.165) is 37.8 Å². The van der Waals surface area contributed by atoms with Crippen LogP contribution in [0.15, 0.2) is 18.2 Å². The Morgan fingerprint density at radius 2 is 2.15 bits per heavy atom. The second-order valence-electron chi connectivity index (χ2n) is 7.98. The molecule has 1 amide bonds. The molecule has 0 radical (unpaired) electrons. The SMILES string of the molecule is COCCC(=O)N1CCc2cc(C3CC3N(C)C3CCNCC3)ccc21. The first kappa shape index (κ1) is 18.0. The van der Waals surface area contributed by atoms with Crippen LogP contribution in [0.4, 0.5) is 5.69 Å². The van der Waals surface area contributed by atoms with E-state index in [0.29, 0.717) is 25.0 Å². The van der Waals surface area contributed by atoms with Crippen molar-refractivity contribution in [3.8, 4) is 0 Å². The number of carbonyl (C=O) groups excluding carboxylic acids is 1. The minimum Gasteiger partial charge on any atom is -0.384 e. The largest absolute Gasteiger partial charge is 0.384 e. The average Bonchev–Trinajstić information content (AvgIpc) is 3.37. The monoisotopic (exact) mass is 357 g/mol. The Morgan fingerprint density at radius 1 is 1.35 bits per heavy atom. The van der Waals surface area contributed by atoms with Gasteiger partial charge in [0, 0.05) is 37.3 Å². The number of hydrogen-bond acceptors (Lipinski definition) is 4. The Kier molecular flexibility index (Phi) is 5.30. The van der Waals surface area contributed by atoms with Gasteiger partial charge in [-0.1, -0.05) is 12.1 Å². The number of hydrogen-bond donors (Lipinski definition) is 1. The fourth-order valence-corrected chi connectivity index (χ4v) is 4.71. The van der Waals surface area contributed by atoms with Crippen LogP contribution in [0.1, 0.15) is 42.7 Å². The first-order valence-corrected chi connectivity index (χ1v) is 10.0. The van der Waals surface area contributed by atoms with Crippen LogP contribution in [0.3, 0.4) is 0 Å². The third kappa shape index (κ3) is 3.53. The van der Waals surface area contributed by atoms with Crippen LogP contribution in [0, 0.1) is 0 Å². The third-order valence-electron chi connectivity index (χ3n) is 6.41. The molecule has 5 nitrogen and oxygen atoms in total. The average molecular weight is 357 g/mol. The molecule has 0 bridgehead atoms. The molecule has 1 N–H and O–H groups in total. The van der Waals surface area contributed by atoms with Crippen molar-refractivity contribution >= 4 is 11.6 Å². The van der Waals surface area contributed by atoms with Gasteiger partial charge in [-0.05, 0) is 63.0 Å². The van der Waals surface area contributed by atoms with Crippen molar-refractivity contribution in [1.82, 2.24) is 10.2 Å². The van der Waals surface area contributed by atoms with Crippen molar-refractivity contribution < 1.29 is 9.53 Å². The highest BCUT2D eigenvalue weighted by Crippen LogP contribution is 2.46. The molecule has 142 valence electrons. The van der Waals surface area contributed by atoms with Gasteiger partial charge in [0.05, 0.1) is 13.0 Å². The first-order chi connectivity index (χ1) is 12.7. The lowest BCUT2D eigenvalue weighted by molar-refractivity contribution is -0.119. The zero-order valence-electron chi connectivity index (χ0n) is 16.0. The number of nitrogens with one attached hydrogen (secondary N) is 1. The number of fused-ring (bicyclic) bond motifs is 1. The predicted octanol–water partition coefficient (Wildman–Crippen LogP) is 2.15. The number of carbonyl (C=O) groups is 1. The molecule has 3 aliphatic rings. The normalized spacial score (nSPS) is 25.6. The van der Waals surface area contributed by atoms with Crippen LogP contribution in [-0.4, -0.2) is 63.3 Å². The molecule has 2 heterocycles. The van der Waals surface area contributed by atoms with E-state index in [-0.39, 0.29) is 5.91 Å². The van der Waals surface area contributed by atoms with Crippen molar-refractivity contribution in [2.75, 3.05) is 45.3 Å². The van der Waals surface area contributed by atoms with Crippen molar-refractivity contribution in [3.05, 3.63) is 29.3 Å². The summed E-state index contributed by atoms with van der Waals surface area (Å²) in [4.78, 5) is 16.9. The maximum absolute atomic E-state index is 12.3. The number of ether oxygens (including phenoxy) is 1. The molecular weight excluding hydrogens is 326 g/mol. The Bertz CT molecular complexity index is 657. The molecule has 26 heavy (non-hydrogen) atoms. The zero-order chi connectivity index (χ0) is 18.1. The Balaban J connectivity index is 1.40. The van der Waals surface area contributed by atoms with Gasteiger partial charge in [-0.2, -0.15) is 0 Å². The van der Waals surface area contributed by atoms with Crippen LogP contribution in [0.5, 0.6) is 0 Å². The molecule has 4 rings (SSSR count). The quantitative estimate of drug-likeness (QED) is 0.847. The summed E-state index contributed by atoms with van der Waals surface area (Å²) in [5, 5.41) is 3.46. The first-order valence-electron chi connectivity index (χ1n) is 10.0. The number of anilines is 1. The predicted molar refractivity (Wildman–Crippen MR) is 104 cm³/mol. The highest BCUT2D eigenvalue weighted by Gasteiger charge is 2.43. The third-order valence-corrected chi connectivity index (χ3v) is 6.41. The lowest BCUT2D eigenvalue weighted by atomic mass is 10.0. The van der Waals surface area contributed by atoms with E-state index in [1.54, 1.807) is 7.11 Å². The fraction of sp³-hybridized carbons (Fsp3) is 0.667. The summed E-state index contributed by atoms with van der Waals surface area (Å²) in [5.74, 6) is 0.840. The van der Waals surface area contributed by atoms with Gasteiger partial charge in [0.15, 0.2) is 0 Å². The Labute approximate surface area is 156 Å². The molecule has 0 aromatic heterocycles. The molecule has 2 aliphatic heterocycles. The van der Waals surface area contributed by atoms with Crippen LogP contribution in [0.25, 0.3) is 0 Å². The molecule has 2 fully saturated rings. The van der Waals surface area contributed by atoms with E-state index in [1.807, 2.05) is 4.90 Å². The van der Waals surface area contributed by atoms with Gasteiger partial charge in [0.1, 0.15) is 0 Å². The van der Waals surface area contributed by atoms with E-state index < -0.39 is 0 Å². The van der Waals surface area contributed by atoms with Gasteiger partial charge in [-0.15, -0.1) is 0 Å². The lowest BCUT2D eigenvalue weighted by Crippen LogP contribution is -2.42. The summed E-state index contributed by atoms with van der Waals surface area (Å²) in [5.41, 5.74) is 3.91. The van der Waals surface area contributed by atoms with E-state index in [9.17, 15) is 4.79 Å². The van der Waals surface area contributed by atoms with Crippen LogP contribution in [0.2, 0.25) is 0 Å². The minimum atomic E-state index is 0.174. The topological polar surface area (TPSA) is 44.8 Å². The van der Waals surface area contributed by atoms with Gasteiger partial charge in [-0.25, -0.2) is 0 Å². The standard InChI is InChI=1S/C21H31N3O2/c1-23(17-5-9-22-10-6-17)20-14-18(20)15-3-4-19-16(13-15)7-11-24(19)21(25)8-12-26-2/h3-4,13,17-18,20,22H,5-12,14H2,1-2H3. The van der Waals surface area contributed by atoms with E-state index in [2.05, 4.69) is 35.5 Å². The molecule has 0 spiro atoms. The number of methoxy groups -OCH3 is 1. The lowest BCUT2D eigenvalue weighted by Gasteiger charge is -2.32. The molecule has 1 aliphatic carbocycles. The van der Waals surface area contributed by atoms with E-state index in [4.69, 9.17) is 4.74 Å². The molecule has 1 saturated heterocycles. The maximum atomic E-state index is 12.3. The molecule has 1 saturated carbocycles. The Morgan fingerprint density at radius 3 is 2.92 bits per heavy atom. The van der Waals surface area contributed by atoms with Crippen molar-refractivity contribution in [1.29, 1.82) is 0 Å². The van der Waals surface area contributed by atoms with Crippen molar-refractivity contribution in [2.24, 2.45) is 0 Å². The highest BCUT2D eigenvalue weighted by atomic mass is 16.5. The van der Waals surface area contributed by atoms with Gasteiger partial charge in [0.2, 0.25) is 5.91 Å². The Hall–Kier alpha value is -1.43. The van der Waals surface area contributed by atoms with Crippen molar-refractivity contribution in [2.45, 2.75) is 50.1 Å². The second-order valence-corrected chi connectivity index (χ2v) is 7.98. The summed E-state index contributed by atoms with van der Waals surface area (Å²) >= 11 is 0. The van der Waals surface area contributed by atoms with Gasteiger partial charge >= 0.3 is 0 Å². The smallest absolute Gasteiger partial charge is 0.229 e. The maximum Gasteiger partial charge on any atom is 0.229 e. The number of benzene rings is 1. The number of rotatable bonds is 6. The summed E-state index contributed by atoms with van der Waals surface area (Å²) in [7, 11) is 3.95. The van der Waals surface area contributed by atoms with Gasteiger partial charge in [-0.3, -0.25) is 9.69 Å². The number of nitrogens with zero attached hydrogens (tertiary/aromatic N) is 2. The van der Waals surface area contributed by atoms with E-state index in [1.165, 1.54) is 30.4 Å². The summed E-state index contributed by atoms with van der Waals surface area (Å²) < 4.78 is 5.05. The van der Waals surface area contributed by atoms with E-state index >= 15 is 0 Å². The molecule has 5 heteroatoms. The zero-order valence-corrected chi connectivity index (χ0v) is 16.0. The molecule has 2 unspecified atom stereocenters. The molecule has 1 aromatic rings. The van der Waals surface area contributed by atoms with Crippen LogP contribution in [-0.2, 0) is 16.0 Å². The number of piperidine rings is 1. The van der Waals surface area contributed by atoms with Crippen LogP contribution >= 0.6 is 0 Å². The highest BCUT2D eigenvalue weighted by molar-refractivity contribution is 5.95. The molecule has 2 atom stereocenters. The minimum absolute atomic E-state index is 0.174. The van der Waals surface area contributed by atoms with Crippen LogP contribution < -0.4 is 10.2 Å². The summed E-state index contributed by atoms with van der Waals surface area (Å²) in [6.45, 7) is 3.61. The molecular formula is C21H31N3O2. The summed E-state index contributed by atoms with van der Waals surface area (Å²) in [6.07, 6.45) is 5.24. The second kappa shape index (κ2) is 7.67. The molecule has 1 aromatic carbocycles. The van der Waals surface area contributed by atoms with Gasteiger partial charge < -0.3 is 15.0 Å². The fourth-order valence-electron chi connectivity index (χ4n) is 4.71. The number of amides is 1. The number of likely N-dealkylation sites (N-methyl/N-ethyl adjacent to an activating group) is 1. The van der Waals surface area contributed by atoms with Gasteiger partial charge in [0.25, 0.3) is 0 Å².